The molecule has 0 atom stereocenters. The summed E-state index contributed by atoms with van der Waals surface area (Å²) in [6.45, 7) is 7.65. The Kier molecular flexibility index (Phi) is 5.84. The lowest BCUT2D eigenvalue weighted by atomic mass is 10.1. The number of benzene rings is 1. The lowest BCUT2D eigenvalue weighted by Gasteiger charge is -2.31. The summed E-state index contributed by atoms with van der Waals surface area (Å²) in [4.78, 5) is 4.11. The lowest BCUT2D eigenvalue weighted by Crippen LogP contribution is -2.38. The first-order valence-electron chi connectivity index (χ1n) is 7.47. The summed E-state index contributed by atoms with van der Waals surface area (Å²) in [5, 5.41) is 12.8. The average molecular weight is 299 g/mol. The Morgan fingerprint density at radius 1 is 1.27 bits per heavy atom. The molecule has 22 heavy (non-hydrogen) atoms. The van der Waals surface area contributed by atoms with Crippen LogP contribution in [0.3, 0.4) is 0 Å². The van der Waals surface area contributed by atoms with Crippen molar-refractivity contribution in [2.24, 2.45) is 0 Å². The van der Waals surface area contributed by atoms with Crippen molar-refractivity contribution in [1.82, 2.24) is 9.80 Å². The third kappa shape index (κ3) is 4.01. The van der Waals surface area contributed by atoms with Crippen molar-refractivity contribution in [3.05, 3.63) is 59.5 Å². The van der Waals surface area contributed by atoms with Crippen molar-refractivity contribution in [2.45, 2.75) is 0 Å². The zero-order valence-electron chi connectivity index (χ0n) is 13.3. The van der Waals surface area contributed by atoms with Gasteiger partial charge in [-0.2, -0.15) is 0 Å². The van der Waals surface area contributed by atoms with Crippen LogP contribution in [0.5, 0.6) is 0 Å². The van der Waals surface area contributed by atoms with E-state index in [4.69, 9.17) is 4.74 Å². The van der Waals surface area contributed by atoms with E-state index in [1.807, 2.05) is 49.3 Å². The van der Waals surface area contributed by atoms with Gasteiger partial charge in [-0.15, -0.1) is 5.73 Å². The summed E-state index contributed by atoms with van der Waals surface area (Å²) >= 11 is 0. The van der Waals surface area contributed by atoms with Crippen LogP contribution >= 0.6 is 0 Å². The number of ether oxygens (including phenoxy) is 1. The summed E-state index contributed by atoms with van der Waals surface area (Å²) < 4.78 is 5.37. The Balaban J connectivity index is 2.30. The molecule has 0 saturated carbocycles. The maximum absolute atomic E-state index is 12.8. The van der Waals surface area contributed by atoms with Gasteiger partial charge in [0.1, 0.15) is 0 Å². The van der Waals surface area contributed by atoms with Gasteiger partial charge in [0, 0.05) is 45.0 Å². The maximum Gasteiger partial charge on any atom is 0.0594 e. The number of likely N-dealkylation sites (N-methyl/N-ethyl adjacent to an activating group) is 1. The van der Waals surface area contributed by atoms with Gasteiger partial charge in [-0.3, -0.25) is 4.90 Å². The molecule has 2 rings (SSSR count). The molecule has 0 N–H and O–H groups in total. The summed E-state index contributed by atoms with van der Waals surface area (Å²) in [5.41, 5.74) is 5.13. The van der Waals surface area contributed by atoms with Crippen LogP contribution in [0.15, 0.2) is 53.9 Å². The van der Waals surface area contributed by atoms with E-state index >= 15 is 0 Å². The number of hydrogen-bond donors (Lipinski definition) is 0. The Morgan fingerprint density at radius 3 is 2.45 bits per heavy atom. The Labute approximate surface area is 132 Å². The van der Waals surface area contributed by atoms with Crippen molar-refractivity contribution in [3.8, 4) is 0 Å². The molecule has 0 radical (unpaired) electrons. The van der Waals surface area contributed by atoms with Gasteiger partial charge in [-0.05, 0) is 5.56 Å². The Hall–Kier alpha value is -2.00. The van der Waals surface area contributed by atoms with E-state index in [0.29, 0.717) is 17.8 Å². The maximum atomic E-state index is 12.8. The third-order valence-electron chi connectivity index (χ3n) is 3.68. The highest BCUT2D eigenvalue weighted by Crippen LogP contribution is 2.22. The van der Waals surface area contributed by atoms with Crippen LogP contribution < -0.4 is 5.11 Å². The highest BCUT2D eigenvalue weighted by molar-refractivity contribution is 5.64. The third-order valence-corrected chi connectivity index (χ3v) is 3.68. The monoisotopic (exact) mass is 299 g/mol. The van der Waals surface area contributed by atoms with Crippen LogP contribution in [0, 0.1) is 0 Å². The predicted molar refractivity (Wildman–Crippen MR) is 87.0 cm³/mol. The summed E-state index contributed by atoms with van der Waals surface area (Å²) in [5.74, 6) is 0.00464. The molecule has 0 unspecified atom stereocenters. The minimum Gasteiger partial charge on any atom is -0.871 e. The smallest absolute Gasteiger partial charge is 0.0594 e. The molecule has 1 aliphatic heterocycles. The van der Waals surface area contributed by atoms with Crippen molar-refractivity contribution in [3.63, 3.8) is 0 Å². The van der Waals surface area contributed by atoms with Crippen LogP contribution in [0.1, 0.15) is 5.56 Å². The molecule has 4 nitrogen and oxygen atoms in total. The van der Waals surface area contributed by atoms with Gasteiger partial charge in [0.25, 0.3) is 0 Å². The molecule has 1 saturated heterocycles. The van der Waals surface area contributed by atoms with Gasteiger partial charge in [0.05, 0.1) is 13.2 Å². The second-order valence-corrected chi connectivity index (χ2v) is 5.48. The summed E-state index contributed by atoms with van der Waals surface area (Å²) in [6, 6.07) is 9.33. The van der Waals surface area contributed by atoms with E-state index in [-0.39, 0.29) is 5.76 Å². The average Bonchev–Trinajstić information content (AvgIpc) is 2.55. The fraction of sp³-hybridized carbons (Fsp3) is 0.389. The molecule has 4 heteroatoms. The number of nitrogens with zero attached hydrogens (tertiary/aromatic N) is 2. The molecule has 1 fully saturated rings. The van der Waals surface area contributed by atoms with Gasteiger partial charge < -0.3 is 14.7 Å². The zero-order valence-corrected chi connectivity index (χ0v) is 13.3. The van der Waals surface area contributed by atoms with Gasteiger partial charge in [-0.25, -0.2) is 0 Å². The largest absolute Gasteiger partial charge is 0.871 e. The van der Waals surface area contributed by atoms with E-state index in [1.54, 1.807) is 0 Å². The molecule has 1 aromatic rings. The summed E-state index contributed by atoms with van der Waals surface area (Å²) in [6.07, 6.45) is 0. The Morgan fingerprint density at radius 2 is 1.91 bits per heavy atom. The van der Waals surface area contributed by atoms with Crippen molar-refractivity contribution in [2.75, 3.05) is 46.9 Å². The standard InChI is InChI=1S/C18H24N2O2/c1-4-15(14-20-10-12-22-13-11-20)17(19(2)3)18(21)16-8-6-5-7-9-16/h5-9,21H,1,10-14H2,2-3H3/p-1/b18-17+. The van der Waals surface area contributed by atoms with E-state index in [2.05, 4.69) is 17.2 Å². The normalized spacial score (nSPS) is 16.6. The fourth-order valence-electron chi connectivity index (χ4n) is 2.53. The second-order valence-electron chi connectivity index (χ2n) is 5.48. The molecule has 0 aliphatic carbocycles. The highest BCUT2D eigenvalue weighted by atomic mass is 16.5. The van der Waals surface area contributed by atoms with Crippen molar-refractivity contribution in [1.29, 1.82) is 0 Å². The fourth-order valence-corrected chi connectivity index (χ4v) is 2.53. The molecule has 0 bridgehead atoms. The lowest BCUT2D eigenvalue weighted by molar-refractivity contribution is -0.245. The van der Waals surface area contributed by atoms with Crippen molar-refractivity contribution < 1.29 is 9.84 Å². The first-order chi connectivity index (χ1) is 10.6. The molecule has 1 aliphatic rings. The van der Waals surface area contributed by atoms with Crippen LogP contribution in [-0.4, -0.2) is 56.7 Å². The molecule has 118 valence electrons. The zero-order chi connectivity index (χ0) is 15.9. The minimum atomic E-state index is 0.00464. The Bertz CT molecular complexity index is 566. The molecule has 0 spiro atoms. The van der Waals surface area contributed by atoms with Gasteiger partial charge >= 0.3 is 0 Å². The summed E-state index contributed by atoms with van der Waals surface area (Å²) in [7, 11) is 3.76. The van der Waals surface area contributed by atoms with Crippen LogP contribution in [-0.2, 0) is 4.74 Å². The quantitative estimate of drug-likeness (QED) is 0.467. The first kappa shape index (κ1) is 16.4. The van der Waals surface area contributed by atoms with Crippen LogP contribution in [0.4, 0.5) is 0 Å². The minimum absolute atomic E-state index is 0.00464. The molecular formula is C18H23N2O2-. The van der Waals surface area contributed by atoms with Crippen LogP contribution in [0.2, 0.25) is 0 Å². The highest BCUT2D eigenvalue weighted by Gasteiger charge is 2.16. The van der Waals surface area contributed by atoms with Crippen LogP contribution in [0.25, 0.3) is 5.76 Å². The number of rotatable bonds is 5. The van der Waals surface area contributed by atoms with E-state index in [1.165, 1.54) is 0 Å². The first-order valence-corrected chi connectivity index (χ1v) is 7.47. The molecule has 1 heterocycles. The van der Waals surface area contributed by atoms with Gasteiger partial charge in [-0.1, -0.05) is 42.7 Å². The van der Waals surface area contributed by atoms with Gasteiger partial charge in [0.15, 0.2) is 0 Å². The predicted octanol–water partition coefficient (Wildman–Crippen LogP) is 1.32. The van der Waals surface area contributed by atoms with E-state index < -0.39 is 0 Å². The molecule has 0 amide bonds. The van der Waals surface area contributed by atoms with E-state index in [9.17, 15) is 5.11 Å². The number of hydrogen-bond acceptors (Lipinski definition) is 4. The SMILES string of the molecule is C=C=C(CN1CCOCC1)/C(=C(\[O-])c1ccccc1)N(C)C. The molecule has 1 aromatic carbocycles. The van der Waals surface area contributed by atoms with E-state index in [0.717, 1.165) is 31.9 Å². The second kappa shape index (κ2) is 7.85. The van der Waals surface area contributed by atoms with Gasteiger partial charge in [0.2, 0.25) is 0 Å². The van der Waals surface area contributed by atoms with Crippen molar-refractivity contribution >= 4 is 5.76 Å². The molecule has 0 aromatic heterocycles. The molecular weight excluding hydrogens is 276 g/mol. The number of morpholine rings is 1. The topological polar surface area (TPSA) is 38.8 Å².